The van der Waals surface area contributed by atoms with E-state index >= 15 is 0 Å². The molecular formula is C20H16FN5O4. The molecule has 2 aromatic heterocycles. The Morgan fingerprint density at radius 3 is 2.47 bits per heavy atom. The average Bonchev–Trinajstić information content (AvgIpc) is 3.20. The summed E-state index contributed by atoms with van der Waals surface area (Å²) in [6, 6.07) is 12.6. The molecule has 0 spiro atoms. The largest absolute Gasteiger partial charge is 0.483 e. The van der Waals surface area contributed by atoms with Crippen LogP contribution in [-0.2, 0) is 11.8 Å². The van der Waals surface area contributed by atoms with E-state index in [0.717, 1.165) is 4.68 Å². The number of H-pyrrole nitrogens is 1. The van der Waals surface area contributed by atoms with Crippen LogP contribution in [0.3, 0.4) is 0 Å². The fourth-order valence-corrected chi connectivity index (χ4v) is 2.87. The number of aryl methyl sites for hydroxylation is 1. The number of hydrogen-bond donors (Lipinski definition) is 3. The van der Waals surface area contributed by atoms with Crippen molar-refractivity contribution < 1.29 is 19.1 Å². The number of carbonyl (C=O) groups is 2. The van der Waals surface area contributed by atoms with Crippen LogP contribution in [0.2, 0.25) is 0 Å². The molecule has 9 nitrogen and oxygen atoms in total. The second-order valence-corrected chi connectivity index (χ2v) is 6.05. The maximum atomic E-state index is 13.1. The highest BCUT2D eigenvalue weighted by molar-refractivity contribution is 6.11. The maximum absolute atomic E-state index is 13.1. The SMILES string of the molecule is Cn1nc(C(=O)Nc2[nH]ncc2-c2ccc(F)cc2)c2ccccc2c1=O.O=CO. The van der Waals surface area contributed by atoms with Crippen LogP contribution in [-0.4, -0.2) is 37.5 Å². The lowest BCUT2D eigenvalue weighted by Gasteiger charge is -2.09. The summed E-state index contributed by atoms with van der Waals surface area (Å²) in [5, 5.41) is 21.3. The Morgan fingerprint density at radius 2 is 1.80 bits per heavy atom. The summed E-state index contributed by atoms with van der Waals surface area (Å²) in [5.74, 6) is -0.491. The number of carbonyl (C=O) groups excluding carboxylic acids is 1. The summed E-state index contributed by atoms with van der Waals surface area (Å²) in [6.45, 7) is -0.250. The van der Waals surface area contributed by atoms with Gasteiger partial charge < -0.3 is 10.4 Å². The van der Waals surface area contributed by atoms with Gasteiger partial charge in [-0.25, -0.2) is 9.07 Å². The normalized spacial score (nSPS) is 10.2. The van der Waals surface area contributed by atoms with E-state index in [-0.39, 0.29) is 23.5 Å². The van der Waals surface area contributed by atoms with Crippen LogP contribution < -0.4 is 10.9 Å². The Bertz CT molecular complexity index is 1260. The molecule has 3 N–H and O–H groups in total. The lowest BCUT2D eigenvalue weighted by Crippen LogP contribution is -2.25. The van der Waals surface area contributed by atoms with Crippen molar-refractivity contribution in [2.75, 3.05) is 5.32 Å². The van der Waals surface area contributed by atoms with Gasteiger partial charge in [-0.05, 0) is 23.8 Å². The number of anilines is 1. The molecule has 4 aromatic rings. The lowest BCUT2D eigenvalue weighted by atomic mass is 10.1. The minimum Gasteiger partial charge on any atom is -0.483 e. The molecule has 0 bridgehead atoms. The van der Waals surface area contributed by atoms with Gasteiger partial charge in [0, 0.05) is 18.0 Å². The predicted octanol–water partition coefficient (Wildman–Crippen LogP) is 2.42. The number of aromatic nitrogens is 4. The topological polar surface area (TPSA) is 130 Å². The van der Waals surface area contributed by atoms with Crippen LogP contribution >= 0.6 is 0 Å². The zero-order valence-electron chi connectivity index (χ0n) is 15.7. The van der Waals surface area contributed by atoms with E-state index in [1.807, 2.05) is 0 Å². The summed E-state index contributed by atoms with van der Waals surface area (Å²) in [4.78, 5) is 33.4. The first-order chi connectivity index (χ1) is 14.5. The van der Waals surface area contributed by atoms with E-state index in [4.69, 9.17) is 9.90 Å². The summed E-state index contributed by atoms with van der Waals surface area (Å²) in [5.41, 5.74) is 1.14. The Kier molecular flexibility index (Phi) is 5.97. The number of aromatic amines is 1. The van der Waals surface area contributed by atoms with Gasteiger partial charge in [0.1, 0.15) is 11.6 Å². The number of amides is 1. The van der Waals surface area contributed by atoms with E-state index in [2.05, 4.69) is 20.6 Å². The Balaban J connectivity index is 0.000000806. The number of fused-ring (bicyclic) bond motifs is 1. The van der Waals surface area contributed by atoms with E-state index < -0.39 is 5.91 Å². The van der Waals surface area contributed by atoms with E-state index in [1.54, 1.807) is 36.4 Å². The van der Waals surface area contributed by atoms with Gasteiger partial charge in [0.25, 0.3) is 17.9 Å². The first-order valence-corrected chi connectivity index (χ1v) is 8.60. The van der Waals surface area contributed by atoms with Crippen LogP contribution in [0.4, 0.5) is 10.2 Å². The van der Waals surface area contributed by atoms with Gasteiger partial charge in [-0.1, -0.05) is 30.3 Å². The number of nitrogens with zero attached hydrogens (tertiary/aromatic N) is 3. The van der Waals surface area contributed by atoms with Gasteiger partial charge in [-0.2, -0.15) is 10.2 Å². The maximum Gasteiger partial charge on any atom is 0.290 e. The fraction of sp³-hybridized carbons (Fsp3) is 0.0500. The molecular weight excluding hydrogens is 393 g/mol. The van der Waals surface area contributed by atoms with Crippen molar-refractivity contribution in [3.8, 4) is 11.1 Å². The van der Waals surface area contributed by atoms with Crippen LogP contribution in [0.5, 0.6) is 0 Å². The highest BCUT2D eigenvalue weighted by Crippen LogP contribution is 2.26. The van der Waals surface area contributed by atoms with Gasteiger partial charge in [0.05, 0.1) is 11.6 Å². The van der Waals surface area contributed by atoms with Gasteiger partial charge >= 0.3 is 0 Å². The van der Waals surface area contributed by atoms with Crippen LogP contribution in [0.1, 0.15) is 10.5 Å². The molecule has 0 fully saturated rings. The first kappa shape index (κ1) is 20.4. The zero-order valence-corrected chi connectivity index (χ0v) is 15.7. The molecule has 2 aromatic carbocycles. The monoisotopic (exact) mass is 409 g/mol. The van der Waals surface area contributed by atoms with Crippen LogP contribution in [0, 0.1) is 5.82 Å². The van der Waals surface area contributed by atoms with E-state index in [1.165, 1.54) is 25.4 Å². The molecule has 152 valence electrons. The molecule has 4 rings (SSSR count). The van der Waals surface area contributed by atoms with E-state index in [9.17, 15) is 14.0 Å². The highest BCUT2D eigenvalue weighted by atomic mass is 19.1. The number of carboxylic acid groups (broad SMARTS) is 1. The number of nitrogens with one attached hydrogen (secondary N) is 2. The van der Waals surface area contributed by atoms with Gasteiger partial charge in [0.15, 0.2) is 5.69 Å². The molecule has 10 heteroatoms. The van der Waals surface area contributed by atoms with Gasteiger partial charge in [0.2, 0.25) is 0 Å². The minimum atomic E-state index is -0.491. The third-order valence-electron chi connectivity index (χ3n) is 4.20. The summed E-state index contributed by atoms with van der Waals surface area (Å²) < 4.78 is 14.3. The first-order valence-electron chi connectivity index (χ1n) is 8.60. The number of benzene rings is 2. The number of halogens is 1. The molecule has 30 heavy (non-hydrogen) atoms. The van der Waals surface area contributed by atoms with Crippen molar-refractivity contribution in [2.24, 2.45) is 7.05 Å². The highest BCUT2D eigenvalue weighted by Gasteiger charge is 2.18. The molecule has 0 radical (unpaired) electrons. The fourth-order valence-electron chi connectivity index (χ4n) is 2.87. The van der Waals surface area contributed by atoms with Gasteiger partial charge in [-0.3, -0.25) is 19.5 Å². The van der Waals surface area contributed by atoms with Crippen LogP contribution in [0.25, 0.3) is 21.9 Å². The average molecular weight is 409 g/mol. The zero-order chi connectivity index (χ0) is 21.7. The predicted molar refractivity (Wildman–Crippen MR) is 108 cm³/mol. The van der Waals surface area contributed by atoms with E-state index in [0.29, 0.717) is 27.7 Å². The Morgan fingerprint density at radius 1 is 1.17 bits per heavy atom. The van der Waals surface area contributed by atoms with Gasteiger partial charge in [-0.15, -0.1) is 0 Å². The summed E-state index contributed by atoms with van der Waals surface area (Å²) in [6.07, 6.45) is 1.54. The Hall–Kier alpha value is -4.34. The standard InChI is InChI=1S/C19H14FN5O2.CH2O2/c1-25-19(27)14-5-3-2-4-13(14)16(24-25)18(26)22-17-15(10-21-23-17)11-6-8-12(20)9-7-11;2-1-3/h2-10H,1H3,(H2,21,22,23,26);1H,(H,2,3). The molecule has 2 heterocycles. The van der Waals surface area contributed by atoms with Crippen molar-refractivity contribution in [3.63, 3.8) is 0 Å². The molecule has 0 aliphatic heterocycles. The smallest absolute Gasteiger partial charge is 0.290 e. The Labute approximate surface area is 168 Å². The molecule has 1 amide bonds. The third-order valence-corrected chi connectivity index (χ3v) is 4.20. The van der Waals surface area contributed by atoms with Crippen molar-refractivity contribution in [3.05, 3.63) is 76.6 Å². The number of hydrogen-bond acceptors (Lipinski definition) is 5. The number of rotatable bonds is 3. The molecule has 0 saturated carbocycles. The van der Waals surface area contributed by atoms with Crippen molar-refractivity contribution >= 4 is 29.0 Å². The van der Waals surface area contributed by atoms with Crippen LogP contribution in [0.15, 0.2) is 59.5 Å². The lowest BCUT2D eigenvalue weighted by molar-refractivity contribution is -0.122. The van der Waals surface area contributed by atoms with Crippen molar-refractivity contribution in [2.45, 2.75) is 0 Å². The van der Waals surface area contributed by atoms with Crippen molar-refractivity contribution in [1.82, 2.24) is 20.0 Å². The second kappa shape index (κ2) is 8.78. The van der Waals surface area contributed by atoms with Crippen molar-refractivity contribution in [1.29, 1.82) is 0 Å². The minimum absolute atomic E-state index is 0.118. The summed E-state index contributed by atoms with van der Waals surface area (Å²) >= 11 is 0. The molecule has 0 aliphatic rings. The quantitative estimate of drug-likeness (QED) is 0.446. The molecule has 0 unspecified atom stereocenters. The second-order valence-electron chi connectivity index (χ2n) is 6.05. The molecule has 0 atom stereocenters. The molecule has 0 aliphatic carbocycles. The summed E-state index contributed by atoms with van der Waals surface area (Å²) in [7, 11) is 1.49. The molecule has 0 saturated heterocycles. The third kappa shape index (κ3) is 4.07.